The fourth-order valence-corrected chi connectivity index (χ4v) is 3.99. The lowest BCUT2D eigenvalue weighted by Gasteiger charge is -2.21. The quantitative estimate of drug-likeness (QED) is 0.739. The predicted molar refractivity (Wildman–Crippen MR) is 89.4 cm³/mol. The highest BCUT2D eigenvalue weighted by atomic mass is 32.1. The van der Waals surface area contributed by atoms with Gasteiger partial charge in [0.1, 0.15) is 0 Å². The molecule has 2 atom stereocenters. The zero-order valence-electron chi connectivity index (χ0n) is 12.9. The minimum Gasteiger partial charge on any atom is -0.379 e. The van der Waals surface area contributed by atoms with Crippen LogP contribution in [0.2, 0.25) is 0 Å². The zero-order chi connectivity index (χ0) is 15.6. The van der Waals surface area contributed by atoms with Crippen LogP contribution < -0.4 is 0 Å². The molecule has 3 aromatic heterocycles. The highest BCUT2D eigenvalue weighted by Gasteiger charge is 2.31. The number of pyridine rings is 1. The molecule has 118 valence electrons. The minimum absolute atomic E-state index is 0.308. The van der Waals surface area contributed by atoms with Gasteiger partial charge in [0.15, 0.2) is 5.82 Å². The molecule has 23 heavy (non-hydrogen) atoms. The van der Waals surface area contributed by atoms with Gasteiger partial charge in [0, 0.05) is 30.7 Å². The topological polar surface area (TPSA) is 52.8 Å². The number of hydrogen-bond acceptors (Lipinski definition) is 5. The smallest absolute Gasteiger partial charge is 0.152 e. The molecular weight excluding hydrogens is 308 g/mol. The average molecular weight is 326 g/mol. The molecule has 0 aromatic carbocycles. The Morgan fingerprint density at radius 2 is 2.09 bits per heavy atom. The van der Waals surface area contributed by atoms with Crippen LogP contribution in [0.25, 0.3) is 10.7 Å². The van der Waals surface area contributed by atoms with Gasteiger partial charge in [-0.05, 0) is 31.0 Å². The van der Waals surface area contributed by atoms with Crippen LogP contribution in [0, 0.1) is 12.8 Å². The SMILES string of the molecule is Cc1ncsc1-c1nccn1[C@@H]1COC[C@H]1Cc1ccncc1. The van der Waals surface area contributed by atoms with E-state index in [1.165, 1.54) is 5.56 Å². The summed E-state index contributed by atoms with van der Waals surface area (Å²) < 4.78 is 8.06. The van der Waals surface area contributed by atoms with Crippen LogP contribution >= 0.6 is 11.3 Å². The molecule has 4 rings (SSSR count). The van der Waals surface area contributed by atoms with Crippen molar-refractivity contribution in [2.75, 3.05) is 13.2 Å². The number of aromatic nitrogens is 4. The first-order valence-corrected chi connectivity index (χ1v) is 8.61. The molecule has 3 aromatic rings. The summed E-state index contributed by atoms with van der Waals surface area (Å²) in [6.45, 7) is 3.55. The van der Waals surface area contributed by atoms with E-state index in [9.17, 15) is 0 Å². The fraction of sp³-hybridized carbons (Fsp3) is 0.353. The molecule has 0 unspecified atom stereocenters. The summed E-state index contributed by atoms with van der Waals surface area (Å²) in [5, 5.41) is 0. The van der Waals surface area contributed by atoms with Gasteiger partial charge < -0.3 is 9.30 Å². The van der Waals surface area contributed by atoms with Crippen LogP contribution in [0.4, 0.5) is 0 Å². The Bertz CT molecular complexity index is 783. The Labute approximate surface area is 139 Å². The monoisotopic (exact) mass is 326 g/mol. The first-order chi connectivity index (χ1) is 11.3. The van der Waals surface area contributed by atoms with E-state index in [1.807, 2.05) is 31.0 Å². The highest BCUT2D eigenvalue weighted by Crippen LogP contribution is 2.34. The van der Waals surface area contributed by atoms with E-state index in [-0.39, 0.29) is 0 Å². The Hall–Kier alpha value is -2.05. The number of hydrogen-bond donors (Lipinski definition) is 0. The van der Waals surface area contributed by atoms with Gasteiger partial charge >= 0.3 is 0 Å². The van der Waals surface area contributed by atoms with Crippen LogP contribution in [0.3, 0.4) is 0 Å². The first-order valence-electron chi connectivity index (χ1n) is 7.73. The lowest BCUT2D eigenvalue weighted by Crippen LogP contribution is -2.20. The summed E-state index contributed by atoms with van der Waals surface area (Å²) in [4.78, 5) is 14.2. The van der Waals surface area contributed by atoms with E-state index in [2.05, 4.69) is 37.8 Å². The molecule has 1 aliphatic rings. The largest absolute Gasteiger partial charge is 0.379 e. The standard InChI is InChI=1S/C17H18N4OS/c1-12-16(23-11-20-12)17-19-6-7-21(17)15-10-22-9-14(15)8-13-2-4-18-5-3-13/h2-7,11,14-15H,8-10H2,1H3/t14-,15-/m1/s1. The fourth-order valence-electron chi connectivity index (χ4n) is 3.18. The van der Waals surface area contributed by atoms with E-state index in [4.69, 9.17) is 4.74 Å². The number of aryl methyl sites for hydroxylation is 1. The van der Waals surface area contributed by atoms with Crippen molar-refractivity contribution in [3.63, 3.8) is 0 Å². The minimum atomic E-state index is 0.308. The maximum Gasteiger partial charge on any atom is 0.152 e. The van der Waals surface area contributed by atoms with Gasteiger partial charge in [-0.3, -0.25) is 4.98 Å². The molecule has 0 aliphatic carbocycles. The van der Waals surface area contributed by atoms with Crippen LogP contribution in [-0.4, -0.2) is 32.7 Å². The average Bonchev–Trinajstić information content (AvgIpc) is 3.28. The number of nitrogens with zero attached hydrogens (tertiary/aromatic N) is 4. The first kappa shape index (κ1) is 14.5. The van der Waals surface area contributed by atoms with E-state index < -0.39 is 0 Å². The van der Waals surface area contributed by atoms with Crippen molar-refractivity contribution in [3.05, 3.63) is 53.7 Å². The van der Waals surface area contributed by atoms with Gasteiger partial charge in [0.05, 0.1) is 35.3 Å². The van der Waals surface area contributed by atoms with Crippen molar-refractivity contribution in [2.45, 2.75) is 19.4 Å². The Balaban J connectivity index is 1.63. The molecule has 0 saturated carbocycles. The van der Waals surface area contributed by atoms with Gasteiger partial charge in [-0.2, -0.15) is 0 Å². The highest BCUT2D eigenvalue weighted by molar-refractivity contribution is 7.13. The second kappa shape index (κ2) is 6.22. The summed E-state index contributed by atoms with van der Waals surface area (Å²) >= 11 is 1.64. The summed E-state index contributed by atoms with van der Waals surface area (Å²) in [6.07, 6.45) is 8.63. The molecule has 1 saturated heterocycles. The second-order valence-electron chi connectivity index (χ2n) is 5.85. The molecule has 0 bridgehead atoms. The van der Waals surface area contributed by atoms with E-state index in [0.29, 0.717) is 12.0 Å². The van der Waals surface area contributed by atoms with Crippen molar-refractivity contribution in [2.24, 2.45) is 5.92 Å². The molecule has 0 spiro atoms. The van der Waals surface area contributed by atoms with Crippen LogP contribution in [-0.2, 0) is 11.2 Å². The van der Waals surface area contributed by atoms with E-state index in [1.54, 1.807) is 11.3 Å². The summed E-state index contributed by atoms with van der Waals surface area (Å²) in [5.41, 5.74) is 4.21. The van der Waals surface area contributed by atoms with Crippen LogP contribution in [0.15, 0.2) is 42.4 Å². The lowest BCUT2D eigenvalue weighted by molar-refractivity contribution is 0.181. The molecule has 0 amide bonds. The normalized spacial score (nSPS) is 20.9. The molecule has 1 aliphatic heterocycles. The Kier molecular flexibility index (Phi) is 3.93. The lowest BCUT2D eigenvalue weighted by atomic mass is 9.95. The third kappa shape index (κ3) is 2.80. The zero-order valence-corrected chi connectivity index (χ0v) is 13.7. The second-order valence-corrected chi connectivity index (χ2v) is 6.70. The third-order valence-corrected chi connectivity index (χ3v) is 5.31. The number of ether oxygens (including phenoxy) is 1. The number of rotatable bonds is 4. The van der Waals surface area contributed by atoms with E-state index in [0.717, 1.165) is 36.0 Å². The third-order valence-electron chi connectivity index (χ3n) is 4.39. The maximum atomic E-state index is 5.79. The summed E-state index contributed by atoms with van der Waals surface area (Å²) in [5.74, 6) is 1.44. The van der Waals surface area contributed by atoms with Crippen LogP contribution in [0.1, 0.15) is 17.3 Å². The molecule has 4 heterocycles. The maximum absolute atomic E-state index is 5.79. The van der Waals surface area contributed by atoms with Crippen molar-refractivity contribution in [3.8, 4) is 10.7 Å². The molecule has 5 nitrogen and oxygen atoms in total. The van der Waals surface area contributed by atoms with Crippen molar-refractivity contribution in [1.29, 1.82) is 0 Å². The number of thiazole rings is 1. The van der Waals surface area contributed by atoms with Gasteiger partial charge in [0.2, 0.25) is 0 Å². The van der Waals surface area contributed by atoms with Crippen LogP contribution in [0.5, 0.6) is 0 Å². The van der Waals surface area contributed by atoms with Gasteiger partial charge in [-0.25, -0.2) is 9.97 Å². The van der Waals surface area contributed by atoms with Gasteiger partial charge in [-0.15, -0.1) is 11.3 Å². The van der Waals surface area contributed by atoms with Gasteiger partial charge in [0.25, 0.3) is 0 Å². The van der Waals surface area contributed by atoms with Crippen molar-refractivity contribution >= 4 is 11.3 Å². The molecule has 6 heteroatoms. The summed E-state index contributed by atoms with van der Waals surface area (Å²) in [7, 11) is 0. The van der Waals surface area contributed by atoms with E-state index >= 15 is 0 Å². The summed E-state index contributed by atoms with van der Waals surface area (Å²) in [6, 6.07) is 4.47. The van der Waals surface area contributed by atoms with Gasteiger partial charge in [-0.1, -0.05) is 0 Å². The molecule has 1 fully saturated rings. The van der Waals surface area contributed by atoms with Crippen molar-refractivity contribution < 1.29 is 4.74 Å². The molecular formula is C17H18N4OS. The predicted octanol–water partition coefficient (Wildman–Crippen LogP) is 3.14. The number of imidazole rings is 1. The van der Waals surface area contributed by atoms with Crippen molar-refractivity contribution in [1.82, 2.24) is 19.5 Å². The Morgan fingerprint density at radius 3 is 2.87 bits per heavy atom. The molecule has 0 radical (unpaired) electrons. The Morgan fingerprint density at radius 1 is 1.22 bits per heavy atom. The molecule has 0 N–H and O–H groups in total.